The van der Waals surface area contributed by atoms with Crippen molar-refractivity contribution in [2.45, 2.75) is 118 Å². The SMILES string of the molecule is CCCCC1CN([Si](C)(C)N2C/C(C)=C\[Si](C)(C)CC(CCCC)C2)C/C(C)=C\[Si](C)(C)C1. The maximum atomic E-state index is 3.01. The molecule has 33 heavy (non-hydrogen) atoms. The summed E-state index contributed by atoms with van der Waals surface area (Å²) < 4.78 is 6.02. The lowest BCUT2D eigenvalue weighted by atomic mass is 10.0. The molecule has 2 nitrogen and oxygen atoms in total. The Morgan fingerprint density at radius 3 is 1.45 bits per heavy atom. The summed E-state index contributed by atoms with van der Waals surface area (Å²) >= 11 is 0. The van der Waals surface area contributed by atoms with Crippen molar-refractivity contribution < 1.29 is 0 Å². The van der Waals surface area contributed by atoms with Crippen LogP contribution in [0.2, 0.25) is 51.4 Å². The van der Waals surface area contributed by atoms with Gasteiger partial charge in [-0.05, 0) is 64.7 Å². The average molecular weight is 507 g/mol. The van der Waals surface area contributed by atoms with E-state index >= 15 is 0 Å². The fraction of sp³-hybridized carbons (Fsp3) is 0.857. The predicted octanol–water partition coefficient (Wildman–Crippen LogP) is 8.32. The van der Waals surface area contributed by atoms with Crippen LogP contribution in [-0.2, 0) is 0 Å². The maximum Gasteiger partial charge on any atom is 0.200 e. The minimum atomic E-state index is -1.73. The molecular formula is C28H58N2Si3. The van der Waals surface area contributed by atoms with E-state index in [2.05, 4.69) is 87.5 Å². The molecule has 0 spiro atoms. The molecule has 0 radical (unpaired) electrons. The monoisotopic (exact) mass is 506 g/mol. The molecule has 2 atom stereocenters. The summed E-state index contributed by atoms with van der Waals surface area (Å²) in [5.41, 5.74) is 8.80. The van der Waals surface area contributed by atoms with E-state index in [-0.39, 0.29) is 0 Å². The van der Waals surface area contributed by atoms with Gasteiger partial charge in [-0.15, -0.1) is 0 Å². The van der Waals surface area contributed by atoms with Crippen molar-refractivity contribution in [2.75, 3.05) is 26.2 Å². The Bertz CT molecular complexity index is 625. The van der Waals surface area contributed by atoms with Crippen molar-refractivity contribution in [1.29, 1.82) is 0 Å². The van der Waals surface area contributed by atoms with E-state index in [0.29, 0.717) is 0 Å². The van der Waals surface area contributed by atoms with Gasteiger partial charge in [0.1, 0.15) is 0 Å². The zero-order valence-electron chi connectivity index (χ0n) is 24.2. The van der Waals surface area contributed by atoms with Gasteiger partial charge in [-0.3, -0.25) is 0 Å². The average Bonchev–Trinajstić information content (AvgIpc) is 2.65. The Balaban J connectivity index is 2.35. The third kappa shape index (κ3) is 9.21. The lowest BCUT2D eigenvalue weighted by Gasteiger charge is -2.49. The summed E-state index contributed by atoms with van der Waals surface area (Å²) in [6.45, 7) is 30.4. The van der Waals surface area contributed by atoms with Crippen molar-refractivity contribution in [3.63, 3.8) is 0 Å². The first kappa shape index (κ1) is 29.3. The molecule has 0 aliphatic carbocycles. The molecular weight excluding hydrogens is 449 g/mol. The van der Waals surface area contributed by atoms with Crippen LogP contribution < -0.4 is 0 Å². The molecule has 2 heterocycles. The van der Waals surface area contributed by atoms with Crippen LogP contribution in [0.15, 0.2) is 22.5 Å². The zero-order chi connectivity index (χ0) is 24.9. The molecule has 192 valence electrons. The van der Waals surface area contributed by atoms with E-state index in [0.717, 1.165) is 11.8 Å². The van der Waals surface area contributed by atoms with Crippen molar-refractivity contribution >= 4 is 24.5 Å². The van der Waals surface area contributed by atoms with E-state index in [1.54, 1.807) is 11.1 Å². The summed E-state index contributed by atoms with van der Waals surface area (Å²) in [6, 6.07) is 2.95. The van der Waals surface area contributed by atoms with Crippen LogP contribution in [0.5, 0.6) is 0 Å². The lowest BCUT2D eigenvalue weighted by molar-refractivity contribution is 0.280. The summed E-state index contributed by atoms with van der Waals surface area (Å²) in [4.78, 5) is 0. The molecule has 0 bridgehead atoms. The molecule has 0 saturated heterocycles. The van der Waals surface area contributed by atoms with Crippen molar-refractivity contribution in [2.24, 2.45) is 11.8 Å². The third-order valence-corrected chi connectivity index (χ3v) is 17.8. The second-order valence-electron chi connectivity index (χ2n) is 13.6. The molecule has 2 unspecified atom stereocenters. The molecule has 5 heteroatoms. The Hall–Kier alpha value is 0.0506. The number of rotatable bonds is 8. The summed E-state index contributed by atoms with van der Waals surface area (Å²) in [7, 11) is -4.21. The van der Waals surface area contributed by atoms with E-state index in [1.165, 1.54) is 76.8 Å². The third-order valence-electron chi connectivity index (χ3n) is 8.22. The smallest absolute Gasteiger partial charge is 0.200 e. The highest BCUT2D eigenvalue weighted by atomic mass is 28.3. The first-order valence-electron chi connectivity index (χ1n) is 14.1. The Morgan fingerprint density at radius 2 is 1.12 bits per heavy atom. The van der Waals surface area contributed by atoms with Crippen LogP contribution in [-0.4, -0.2) is 59.9 Å². The molecule has 0 aromatic heterocycles. The highest BCUT2D eigenvalue weighted by Gasteiger charge is 2.41. The predicted molar refractivity (Wildman–Crippen MR) is 159 cm³/mol. The largest absolute Gasteiger partial charge is 0.308 e. The molecule has 0 amide bonds. The molecule has 2 aliphatic rings. The topological polar surface area (TPSA) is 6.48 Å². The van der Waals surface area contributed by atoms with Crippen LogP contribution >= 0.6 is 0 Å². The van der Waals surface area contributed by atoms with Crippen LogP contribution in [0.3, 0.4) is 0 Å². The molecule has 0 saturated carbocycles. The van der Waals surface area contributed by atoms with Gasteiger partial charge < -0.3 is 9.13 Å². The van der Waals surface area contributed by atoms with Gasteiger partial charge in [0, 0.05) is 13.1 Å². The standard InChI is InChI=1S/C28H58N2Si3/c1-11-13-15-27-19-29(17-25(3)21-31(5,6)23-27)33(9,10)30-18-26(4)22-32(7,8)24-28(20-30)16-14-12-2/h21-22,27-28H,11-20,23-24H2,1-10H3/b25-21-,26-22-. The fourth-order valence-electron chi connectivity index (χ4n) is 6.92. The summed E-state index contributed by atoms with van der Waals surface area (Å²) in [5, 5.41) is 0. The number of unbranched alkanes of at least 4 members (excludes halogenated alkanes) is 2. The van der Waals surface area contributed by atoms with Gasteiger partial charge in [-0.25, -0.2) is 0 Å². The van der Waals surface area contributed by atoms with Crippen molar-refractivity contribution in [1.82, 2.24) is 9.13 Å². The highest BCUT2D eigenvalue weighted by Crippen LogP contribution is 2.33. The second kappa shape index (κ2) is 12.3. The molecule has 0 aromatic carbocycles. The normalized spacial score (nSPS) is 30.8. The van der Waals surface area contributed by atoms with Gasteiger partial charge in [-0.1, -0.05) is 100 Å². The van der Waals surface area contributed by atoms with Crippen LogP contribution in [0.25, 0.3) is 0 Å². The summed E-state index contributed by atoms with van der Waals surface area (Å²) in [6.07, 6.45) is 8.33. The number of hydrogen-bond donors (Lipinski definition) is 0. The molecule has 0 fully saturated rings. The maximum absolute atomic E-state index is 3.01. The van der Waals surface area contributed by atoms with Crippen molar-refractivity contribution in [3.8, 4) is 0 Å². The molecule has 0 N–H and O–H groups in total. The minimum absolute atomic E-state index is 0.886. The minimum Gasteiger partial charge on any atom is -0.308 e. The first-order valence-corrected chi connectivity index (χ1v) is 23.6. The van der Waals surface area contributed by atoms with Gasteiger partial charge in [0.05, 0.1) is 16.1 Å². The van der Waals surface area contributed by atoms with E-state index in [9.17, 15) is 0 Å². The van der Waals surface area contributed by atoms with Crippen molar-refractivity contribution in [3.05, 3.63) is 22.5 Å². The quantitative estimate of drug-likeness (QED) is 0.305. The number of nitrogens with zero attached hydrogens (tertiary/aromatic N) is 2. The molecule has 0 aromatic rings. The van der Waals surface area contributed by atoms with Crippen LogP contribution in [0.1, 0.15) is 66.2 Å². The van der Waals surface area contributed by atoms with E-state index < -0.39 is 24.5 Å². The summed E-state index contributed by atoms with van der Waals surface area (Å²) in [5.74, 6) is 1.77. The second-order valence-corrected chi connectivity index (χ2v) is 27.2. The van der Waals surface area contributed by atoms with Gasteiger partial charge >= 0.3 is 0 Å². The van der Waals surface area contributed by atoms with E-state index in [1.807, 2.05) is 0 Å². The molecule has 2 aliphatic heterocycles. The van der Waals surface area contributed by atoms with Crippen LogP contribution in [0.4, 0.5) is 0 Å². The fourth-order valence-corrected chi connectivity index (χ4v) is 16.7. The first-order chi connectivity index (χ1) is 15.3. The highest BCUT2D eigenvalue weighted by molar-refractivity contribution is 6.82. The van der Waals surface area contributed by atoms with Gasteiger partial charge in [-0.2, -0.15) is 0 Å². The Kier molecular flexibility index (Phi) is 10.9. The zero-order valence-corrected chi connectivity index (χ0v) is 27.2. The molecule has 2 rings (SSSR count). The Labute approximate surface area is 211 Å². The van der Waals surface area contributed by atoms with Gasteiger partial charge in [0.2, 0.25) is 8.40 Å². The Morgan fingerprint density at radius 1 is 0.758 bits per heavy atom. The van der Waals surface area contributed by atoms with Gasteiger partial charge in [0.25, 0.3) is 0 Å². The lowest BCUT2D eigenvalue weighted by Crippen LogP contribution is -2.65. The van der Waals surface area contributed by atoms with E-state index in [4.69, 9.17) is 0 Å². The van der Waals surface area contributed by atoms with Gasteiger partial charge in [0.15, 0.2) is 0 Å². The number of hydrogen-bond acceptors (Lipinski definition) is 2. The van der Waals surface area contributed by atoms with Crippen LogP contribution in [0, 0.1) is 11.8 Å².